The third-order valence-electron chi connectivity index (χ3n) is 4.71. The lowest BCUT2D eigenvalue weighted by Crippen LogP contribution is -2.37. The number of nitrogens with one attached hydrogen (secondary N) is 2. The average Bonchev–Trinajstić information content (AvgIpc) is 3.17. The van der Waals surface area contributed by atoms with Crippen LogP contribution in [0.5, 0.6) is 5.75 Å². The summed E-state index contributed by atoms with van der Waals surface area (Å²) in [7, 11) is 0. The van der Waals surface area contributed by atoms with E-state index < -0.39 is 0 Å². The van der Waals surface area contributed by atoms with E-state index in [0.717, 1.165) is 22.3 Å². The number of rotatable bonds is 6. The second-order valence-electron chi connectivity index (χ2n) is 7.30. The smallest absolute Gasteiger partial charge is 0.264 e. The Bertz CT molecular complexity index is 1320. The minimum Gasteiger partial charge on any atom is -0.484 e. The maximum absolute atomic E-state index is 12.1. The number of thiocarbonyl (C=S) groups is 1. The molecule has 0 atom stereocenters. The van der Waals surface area contributed by atoms with Crippen LogP contribution in [0.15, 0.2) is 65.1 Å². The number of ether oxygens (including phenoxy) is 1. The third kappa shape index (κ3) is 6.22. The molecule has 4 rings (SSSR count). The Hall–Kier alpha value is -3.13. The number of carbonyl (C=O) groups is 1. The number of aryl methyl sites for hydroxylation is 1. The fraction of sp³-hybridized carbons (Fsp3) is 0.125. The molecular formula is C24H19Cl2N3O3S. The number of aromatic nitrogens is 1. The summed E-state index contributed by atoms with van der Waals surface area (Å²) in [4.78, 5) is 16.6. The Morgan fingerprint density at radius 1 is 1.09 bits per heavy atom. The van der Waals surface area contributed by atoms with Gasteiger partial charge in [0, 0.05) is 22.2 Å². The van der Waals surface area contributed by atoms with Crippen LogP contribution >= 0.6 is 35.4 Å². The number of anilines is 1. The number of amides is 1. The Labute approximate surface area is 205 Å². The first-order valence-electron chi connectivity index (χ1n) is 9.99. The van der Waals surface area contributed by atoms with Crippen LogP contribution in [-0.2, 0) is 11.2 Å². The van der Waals surface area contributed by atoms with E-state index in [9.17, 15) is 4.79 Å². The minimum absolute atomic E-state index is 0.169. The highest BCUT2D eigenvalue weighted by molar-refractivity contribution is 7.80. The maximum Gasteiger partial charge on any atom is 0.264 e. The van der Waals surface area contributed by atoms with Crippen LogP contribution in [0.25, 0.3) is 11.1 Å². The highest BCUT2D eigenvalue weighted by Crippen LogP contribution is 2.22. The lowest BCUT2D eigenvalue weighted by atomic mass is 10.1. The molecule has 9 heteroatoms. The standard InChI is InChI=1S/C24H19Cl2N3O3S/c1-14-10-18(7-8-19(14)26)31-13-22(30)29-24(33)27-17-5-2-15(3-6-17)11-23-28-20-12-16(25)4-9-21(20)32-23/h2-10,12H,11,13H2,1H3,(H2,27,29,30,33). The summed E-state index contributed by atoms with van der Waals surface area (Å²) in [6, 6.07) is 18.1. The van der Waals surface area contributed by atoms with Crippen molar-refractivity contribution in [2.45, 2.75) is 13.3 Å². The number of oxazole rings is 1. The van der Waals surface area contributed by atoms with Gasteiger partial charge in [-0.05, 0) is 78.8 Å². The van der Waals surface area contributed by atoms with Crippen LogP contribution in [0.4, 0.5) is 5.69 Å². The molecule has 0 unspecified atom stereocenters. The second kappa shape index (κ2) is 10.2. The number of nitrogens with zero attached hydrogens (tertiary/aromatic N) is 1. The Balaban J connectivity index is 1.27. The second-order valence-corrected chi connectivity index (χ2v) is 8.55. The molecule has 1 amide bonds. The average molecular weight is 500 g/mol. The fourth-order valence-corrected chi connectivity index (χ4v) is 3.60. The van der Waals surface area contributed by atoms with Gasteiger partial charge in [-0.3, -0.25) is 10.1 Å². The number of benzene rings is 3. The first-order valence-corrected chi connectivity index (χ1v) is 11.2. The fourth-order valence-electron chi connectivity index (χ4n) is 3.09. The predicted molar refractivity (Wildman–Crippen MR) is 134 cm³/mol. The summed E-state index contributed by atoms with van der Waals surface area (Å²) in [5, 5.41) is 7.01. The topological polar surface area (TPSA) is 76.4 Å². The van der Waals surface area contributed by atoms with Gasteiger partial charge in [0.2, 0.25) is 0 Å². The molecule has 0 aliphatic rings. The zero-order chi connectivity index (χ0) is 23.4. The van der Waals surface area contributed by atoms with Crippen LogP contribution in [-0.4, -0.2) is 22.6 Å². The summed E-state index contributed by atoms with van der Waals surface area (Å²) in [6.45, 7) is 1.69. The molecule has 0 aliphatic carbocycles. The molecule has 0 saturated carbocycles. The van der Waals surface area contributed by atoms with Gasteiger partial charge in [0.05, 0.1) is 0 Å². The molecule has 0 fully saturated rings. The van der Waals surface area contributed by atoms with E-state index in [1.165, 1.54) is 0 Å². The van der Waals surface area contributed by atoms with Crippen molar-refractivity contribution >= 4 is 63.2 Å². The van der Waals surface area contributed by atoms with Crippen molar-refractivity contribution < 1.29 is 13.9 Å². The molecule has 0 radical (unpaired) electrons. The van der Waals surface area contributed by atoms with E-state index in [-0.39, 0.29) is 17.6 Å². The van der Waals surface area contributed by atoms with Gasteiger partial charge in [0.1, 0.15) is 11.3 Å². The quantitative estimate of drug-likeness (QED) is 0.320. The Morgan fingerprint density at radius 3 is 2.64 bits per heavy atom. The van der Waals surface area contributed by atoms with Crippen LogP contribution in [0.2, 0.25) is 10.0 Å². The molecule has 0 saturated heterocycles. The van der Waals surface area contributed by atoms with E-state index in [2.05, 4.69) is 15.6 Å². The van der Waals surface area contributed by atoms with E-state index in [4.69, 9.17) is 44.6 Å². The van der Waals surface area contributed by atoms with Crippen molar-refractivity contribution in [3.8, 4) is 5.75 Å². The summed E-state index contributed by atoms with van der Waals surface area (Å²) >= 11 is 17.2. The highest BCUT2D eigenvalue weighted by Gasteiger charge is 2.09. The van der Waals surface area contributed by atoms with Gasteiger partial charge in [-0.2, -0.15) is 0 Å². The van der Waals surface area contributed by atoms with Crippen LogP contribution < -0.4 is 15.4 Å². The van der Waals surface area contributed by atoms with Gasteiger partial charge in [-0.1, -0.05) is 35.3 Å². The maximum atomic E-state index is 12.1. The van der Waals surface area contributed by atoms with E-state index in [1.54, 1.807) is 36.4 Å². The van der Waals surface area contributed by atoms with Crippen LogP contribution in [0, 0.1) is 6.92 Å². The van der Waals surface area contributed by atoms with Gasteiger partial charge < -0.3 is 14.5 Å². The SMILES string of the molecule is Cc1cc(OCC(=O)NC(=S)Nc2ccc(Cc3nc4cc(Cl)ccc4o3)cc2)ccc1Cl. The summed E-state index contributed by atoms with van der Waals surface area (Å²) < 4.78 is 11.2. The monoisotopic (exact) mass is 499 g/mol. The van der Waals surface area contributed by atoms with Crippen LogP contribution in [0.3, 0.4) is 0 Å². The van der Waals surface area contributed by atoms with E-state index in [1.807, 2.05) is 31.2 Å². The lowest BCUT2D eigenvalue weighted by Gasteiger charge is -2.11. The Morgan fingerprint density at radius 2 is 1.88 bits per heavy atom. The first-order chi connectivity index (χ1) is 15.9. The van der Waals surface area contributed by atoms with E-state index >= 15 is 0 Å². The van der Waals surface area contributed by atoms with Crippen molar-refractivity contribution in [2.75, 3.05) is 11.9 Å². The summed E-state index contributed by atoms with van der Waals surface area (Å²) in [5.74, 6) is 0.794. The van der Waals surface area contributed by atoms with Gasteiger partial charge in [0.25, 0.3) is 5.91 Å². The van der Waals surface area contributed by atoms with Crippen LogP contribution in [0.1, 0.15) is 17.0 Å². The number of hydrogen-bond donors (Lipinski definition) is 2. The molecule has 6 nitrogen and oxygen atoms in total. The number of halogens is 2. The molecule has 1 heterocycles. The Kier molecular flexibility index (Phi) is 7.13. The molecule has 0 aliphatic heterocycles. The molecule has 2 N–H and O–H groups in total. The molecule has 33 heavy (non-hydrogen) atoms. The van der Waals surface area contributed by atoms with Crippen molar-refractivity contribution in [3.63, 3.8) is 0 Å². The zero-order valence-electron chi connectivity index (χ0n) is 17.5. The first kappa shape index (κ1) is 23.0. The van der Waals surface area contributed by atoms with Gasteiger partial charge >= 0.3 is 0 Å². The minimum atomic E-state index is -0.368. The van der Waals surface area contributed by atoms with Crippen molar-refractivity contribution in [3.05, 3.63) is 87.7 Å². The number of carbonyl (C=O) groups excluding carboxylic acids is 1. The normalized spacial score (nSPS) is 10.8. The largest absolute Gasteiger partial charge is 0.484 e. The van der Waals surface area contributed by atoms with Crippen molar-refractivity contribution in [1.82, 2.24) is 10.3 Å². The van der Waals surface area contributed by atoms with E-state index in [0.29, 0.717) is 33.7 Å². The molecule has 0 spiro atoms. The third-order valence-corrected chi connectivity index (χ3v) is 5.58. The lowest BCUT2D eigenvalue weighted by molar-refractivity contribution is -0.121. The van der Waals surface area contributed by atoms with Crippen molar-refractivity contribution in [1.29, 1.82) is 0 Å². The molecular weight excluding hydrogens is 481 g/mol. The molecule has 1 aromatic heterocycles. The molecule has 4 aromatic rings. The number of hydrogen-bond acceptors (Lipinski definition) is 5. The zero-order valence-corrected chi connectivity index (χ0v) is 19.9. The molecule has 0 bridgehead atoms. The van der Waals surface area contributed by atoms with Crippen molar-refractivity contribution in [2.24, 2.45) is 0 Å². The van der Waals surface area contributed by atoms with Gasteiger partial charge in [-0.15, -0.1) is 0 Å². The highest BCUT2D eigenvalue weighted by atomic mass is 35.5. The molecule has 3 aromatic carbocycles. The summed E-state index contributed by atoms with van der Waals surface area (Å²) in [6.07, 6.45) is 0.537. The van der Waals surface area contributed by atoms with Gasteiger partial charge in [0.15, 0.2) is 23.2 Å². The predicted octanol–water partition coefficient (Wildman–Crippen LogP) is 5.93. The molecule has 168 valence electrons. The van der Waals surface area contributed by atoms with Gasteiger partial charge in [-0.25, -0.2) is 4.98 Å². The summed E-state index contributed by atoms with van der Waals surface area (Å²) in [5.41, 5.74) is 4.05. The number of fused-ring (bicyclic) bond motifs is 1.